The van der Waals surface area contributed by atoms with Crippen LogP contribution in [0.15, 0.2) is 11.6 Å². The summed E-state index contributed by atoms with van der Waals surface area (Å²) < 4.78 is 0. The van der Waals surface area contributed by atoms with Crippen molar-refractivity contribution in [2.75, 3.05) is 13.1 Å². The molecule has 0 bridgehead atoms. The van der Waals surface area contributed by atoms with Crippen molar-refractivity contribution in [3.63, 3.8) is 0 Å². The molecule has 2 heterocycles. The minimum Gasteiger partial charge on any atom is -0.310 e. The van der Waals surface area contributed by atoms with Crippen LogP contribution in [0, 0.1) is 0 Å². The van der Waals surface area contributed by atoms with E-state index in [1.165, 1.54) is 24.3 Å². The van der Waals surface area contributed by atoms with Gasteiger partial charge in [-0.3, -0.25) is 0 Å². The lowest BCUT2D eigenvalue weighted by Gasteiger charge is -2.33. The average molecular weight is 253 g/mol. The third kappa shape index (κ3) is 2.87. The largest absolute Gasteiger partial charge is 0.310 e. The molecule has 1 aromatic rings. The summed E-state index contributed by atoms with van der Waals surface area (Å²) in [6, 6.07) is 0. The van der Waals surface area contributed by atoms with Crippen LogP contribution in [-0.4, -0.2) is 23.6 Å². The first kappa shape index (κ1) is 13.0. The molecule has 1 atom stereocenters. The molecule has 1 fully saturated rings. The predicted molar refractivity (Wildman–Crippen MR) is 73.4 cm³/mol. The van der Waals surface area contributed by atoms with Gasteiger partial charge in [0.1, 0.15) is 5.01 Å². The molecule has 96 valence electrons. The van der Waals surface area contributed by atoms with Crippen molar-refractivity contribution in [3.05, 3.63) is 16.6 Å². The maximum absolute atomic E-state index is 4.42. The molecule has 0 saturated carbocycles. The smallest absolute Gasteiger partial charge is 0.112 e. The third-order valence-corrected chi connectivity index (χ3v) is 4.94. The Kier molecular flexibility index (Phi) is 3.85. The molecule has 0 spiro atoms. The fraction of sp³-hybridized carbons (Fsp3) is 0.769. The maximum Gasteiger partial charge on any atom is 0.112 e. The van der Waals surface area contributed by atoms with Crippen LogP contribution in [0.1, 0.15) is 45.0 Å². The molecule has 1 aliphatic heterocycles. The van der Waals surface area contributed by atoms with Gasteiger partial charge in [-0.25, -0.2) is 4.98 Å². The van der Waals surface area contributed by atoms with Crippen LogP contribution in [0.5, 0.6) is 0 Å². The number of aromatic nitrogens is 1. The molecule has 17 heavy (non-hydrogen) atoms. The Morgan fingerprint density at radius 2 is 2.41 bits per heavy atom. The number of nitrogens with zero attached hydrogens (tertiary/aromatic N) is 1. The van der Waals surface area contributed by atoms with Gasteiger partial charge in [0.2, 0.25) is 0 Å². The second-order valence-electron chi connectivity index (χ2n) is 5.48. The Bertz CT molecular complexity index is 340. The number of hydrogen-bond donors (Lipinski definition) is 2. The fourth-order valence-corrected chi connectivity index (χ4v) is 3.18. The Hall–Kier alpha value is -0.450. The summed E-state index contributed by atoms with van der Waals surface area (Å²) in [6.07, 6.45) is 5.65. The average Bonchev–Trinajstić information content (AvgIpc) is 2.99. The zero-order valence-electron chi connectivity index (χ0n) is 11.0. The summed E-state index contributed by atoms with van der Waals surface area (Å²) in [5, 5.41) is 10.6. The van der Waals surface area contributed by atoms with Crippen LogP contribution in [0.25, 0.3) is 0 Å². The SMILES string of the molecule is CCC1(CNC(C)(C)c2nccs2)CCCN1. The molecular formula is C13H23N3S. The second kappa shape index (κ2) is 5.04. The third-order valence-electron chi connectivity index (χ3n) is 3.84. The minimum absolute atomic E-state index is 0.0272. The lowest BCUT2D eigenvalue weighted by Crippen LogP contribution is -2.52. The highest BCUT2D eigenvalue weighted by Gasteiger charge is 2.34. The molecule has 1 saturated heterocycles. The van der Waals surface area contributed by atoms with E-state index >= 15 is 0 Å². The zero-order chi connectivity index (χ0) is 12.4. The molecule has 1 aromatic heterocycles. The van der Waals surface area contributed by atoms with Gasteiger partial charge in [0.15, 0.2) is 0 Å². The van der Waals surface area contributed by atoms with E-state index in [2.05, 4.69) is 36.4 Å². The van der Waals surface area contributed by atoms with Gasteiger partial charge < -0.3 is 10.6 Å². The maximum atomic E-state index is 4.42. The van der Waals surface area contributed by atoms with E-state index in [9.17, 15) is 0 Å². The van der Waals surface area contributed by atoms with Crippen molar-refractivity contribution in [2.24, 2.45) is 0 Å². The van der Waals surface area contributed by atoms with Crippen LogP contribution in [0.3, 0.4) is 0 Å². The first-order chi connectivity index (χ1) is 8.08. The number of rotatable bonds is 5. The van der Waals surface area contributed by atoms with Crippen molar-refractivity contribution < 1.29 is 0 Å². The van der Waals surface area contributed by atoms with Gasteiger partial charge in [0.25, 0.3) is 0 Å². The molecule has 0 aliphatic carbocycles. The lowest BCUT2D eigenvalue weighted by molar-refractivity contribution is 0.286. The molecule has 0 amide bonds. The quantitative estimate of drug-likeness (QED) is 0.846. The normalized spacial score (nSPS) is 25.4. The van der Waals surface area contributed by atoms with Crippen molar-refractivity contribution in [1.82, 2.24) is 15.6 Å². The van der Waals surface area contributed by atoms with Gasteiger partial charge in [-0.15, -0.1) is 11.3 Å². The molecule has 2 N–H and O–H groups in total. The van der Waals surface area contributed by atoms with E-state index in [0.717, 1.165) is 13.1 Å². The summed E-state index contributed by atoms with van der Waals surface area (Å²) in [7, 11) is 0. The van der Waals surface area contributed by atoms with Gasteiger partial charge in [0, 0.05) is 23.7 Å². The Labute approximate surface area is 108 Å². The standard InChI is InChI=1S/C13H23N3S/c1-4-13(6-5-7-15-13)10-16-12(2,3)11-14-8-9-17-11/h8-9,15-16H,4-7,10H2,1-3H3. The topological polar surface area (TPSA) is 37.0 Å². The monoisotopic (exact) mass is 253 g/mol. The van der Waals surface area contributed by atoms with Crippen molar-refractivity contribution >= 4 is 11.3 Å². The molecule has 3 nitrogen and oxygen atoms in total. The van der Waals surface area contributed by atoms with E-state index in [1.807, 2.05) is 11.6 Å². The highest BCUT2D eigenvalue weighted by molar-refractivity contribution is 7.09. The van der Waals surface area contributed by atoms with Crippen LogP contribution in [0.2, 0.25) is 0 Å². The van der Waals surface area contributed by atoms with Crippen LogP contribution in [-0.2, 0) is 5.54 Å². The summed E-state index contributed by atoms with van der Waals surface area (Å²) in [5.74, 6) is 0. The summed E-state index contributed by atoms with van der Waals surface area (Å²) in [5.41, 5.74) is 0.273. The first-order valence-electron chi connectivity index (χ1n) is 6.48. The number of thiazole rings is 1. The van der Waals surface area contributed by atoms with E-state index < -0.39 is 0 Å². The van der Waals surface area contributed by atoms with Gasteiger partial charge >= 0.3 is 0 Å². The predicted octanol–water partition coefficient (Wildman–Crippen LogP) is 2.50. The van der Waals surface area contributed by atoms with Crippen molar-refractivity contribution in [3.8, 4) is 0 Å². The highest BCUT2D eigenvalue weighted by Crippen LogP contribution is 2.26. The zero-order valence-corrected chi connectivity index (χ0v) is 11.9. The Balaban J connectivity index is 1.97. The summed E-state index contributed by atoms with van der Waals surface area (Å²) in [4.78, 5) is 4.42. The van der Waals surface area contributed by atoms with Gasteiger partial charge in [-0.1, -0.05) is 6.92 Å². The van der Waals surface area contributed by atoms with Crippen LogP contribution >= 0.6 is 11.3 Å². The van der Waals surface area contributed by atoms with E-state index in [-0.39, 0.29) is 5.54 Å². The van der Waals surface area contributed by atoms with Gasteiger partial charge in [0.05, 0.1) is 5.54 Å². The minimum atomic E-state index is -0.0272. The van der Waals surface area contributed by atoms with E-state index in [4.69, 9.17) is 0 Å². The molecule has 0 radical (unpaired) electrons. The summed E-state index contributed by atoms with van der Waals surface area (Å²) >= 11 is 1.72. The highest BCUT2D eigenvalue weighted by atomic mass is 32.1. The molecular weight excluding hydrogens is 230 g/mol. The number of nitrogens with one attached hydrogen (secondary N) is 2. The van der Waals surface area contributed by atoms with Crippen LogP contribution in [0.4, 0.5) is 0 Å². The van der Waals surface area contributed by atoms with Crippen molar-refractivity contribution in [2.45, 2.75) is 51.1 Å². The van der Waals surface area contributed by atoms with E-state index in [0.29, 0.717) is 5.54 Å². The van der Waals surface area contributed by atoms with Crippen molar-refractivity contribution in [1.29, 1.82) is 0 Å². The molecule has 4 heteroatoms. The molecule has 1 unspecified atom stereocenters. The number of hydrogen-bond acceptors (Lipinski definition) is 4. The van der Waals surface area contributed by atoms with Gasteiger partial charge in [-0.2, -0.15) is 0 Å². The van der Waals surface area contributed by atoms with Gasteiger partial charge in [-0.05, 0) is 39.7 Å². The fourth-order valence-electron chi connectivity index (χ4n) is 2.44. The molecule has 0 aromatic carbocycles. The lowest BCUT2D eigenvalue weighted by atomic mass is 9.92. The van der Waals surface area contributed by atoms with E-state index in [1.54, 1.807) is 11.3 Å². The molecule has 2 rings (SSSR count). The Morgan fingerprint density at radius 3 is 2.94 bits per heavy atom. The first-order valence-corrected chi connectivity index (χ1v) is 7.36. The Morgan fingerprint density at radius 1 is 1.59 bits per heavy atom. The summed E-state index contributed by atoms with van der Waals surface area (Å²) in [6.45, 7) is 8.88. The second-order valence-corrected chi connectivity index (χ2v) is 6.37. The molecule has 1 aliphatic rings. The van der Waals surface area contributed by atoms with Crippen LogP contribution < -0.4 is 10.6 Å².